The van der Waals surface area contributed by atoms with E-state index < -0.39 is 23.4 Å². The first-order valence-corrected chi connectivity index (χ1v) is 9.16. The number of nitrogens with one attached hydrogen (secondary N) is 1. The summed E-state index contributed by atoms with van der Waals surface area (Å²) in [6, 6.07) is 8.66. The van der Waals surface area contributed by atoms with E-state index in [4.69, 9.17) is 18.9 Å². The first-order valence-electron chi connectivity index (χ1n) is 9.16. The third kappa shape index (κ3) is 4.77. The zero-order valence-corrected chi connectivity index (χ0v) is 16.4. The van der Waals surface area contributed by atoms with Crippen LogP contribution >= 0.6 is 0 Å². The molecule has 0 aliphatic carbocycles. The standard InChI is InChI=1S/C20H20N2O8/c1-3-27-16-6-5-14(8-15(16)22(25)26)20(24)28-10-19(23)21-12(2)13-4-7-17-18(9-13)30-11-29-17/h4-9,12H,3,10-11H2,1-2H3,(H,21,23)/t12-/m1/s1. The maximum atomic E-state index is 12.2. The van der Waals surface area contributed by atoms with Crippen molar-refractivity contribution in [1.82, 2.24) is 5.32 Å². The van der Waals surface area contributed by atoms with E-state index in [-0.39, 0.29) is 36.4 Å². The molecule has 10 nitrogen and oxygen atoms in total. The average Bonchev–Trinajstić information content (AvgIpc) is 3.20. The molecule has 1 aliphatic rings. The van der Waals surface area contributed by atoms with Gasteiger partial charge >= 0.3 is 11.7 Å². The van der Waals surface area contributed by atoms with Gasteiger partial charge in [0.05, 0.1) is 23.1 Å². The van der Waals surface area contributed by atoms with Gasteiger partial charge in [-0.1, -0.05) is 6.07 Å². The average molecular weight is 416 g/mol. The van der Waals surface area contributed by atoms with Crippen LogP contribution in [0.25, 0.3) is 0 Å². The third-order valence-electron chi connectivity index (χ3n) is 4.30. The predicted octanol–water partition coefficient (Wildman–Crippen LogP) is 2.76. The first kappa shape index (κ1) is 20.9. The zero-order valence-electron chi connectivity index (χ0n) is 16.4. The van der Waals surface area contributed by atoms with E-state index in [9.17, 15) is 19.7 Å². The molecule has 0 unspecified atom stereocenters. The quantitative estimate of drug-likeness (QED) is 0.395. The van der Waals surface area contributed by atoms with E-state index in [1.54, 1.807) is 32.0 Å². The number of nitro groups is 1. The van der Waals surface area contributed by atoms with Crippen molar-refractivity contribution in [1.29, 1.82) is 0 Å². The van der Waals surface area contributed by atoms with Crippen LogP contribution in [0.3, 0.4) is 0 Å². The van der Waals surface area contributed by atoms with E-state index >= 15 is 0 Å². The van der Waals surface area contributed by atoms with Crippen molar-refractivity contribution >= 4 is 17.6 Å². The second kappa shape index (κ2) is 9.12. The third-order valence-corrected chi connectivity index (χ3v) is 4.30. The lowest BCUT2D eigenvalue weighted by Gasteiger charge is -2.15. The van der Waals surface area contributed by atoms with Gasteiger partial charge in [0, 0.05) is 6.07 Å². The molecule has 1 atom stereocenters. The molecule has 2 aromatic carbocycles. The van der Waals surface area contributed by atoms with Crippen molar-refractivity contribution in [2.75, 3.05) is 20.0 Å². The highest BCUT2D eigenvalue weighted by Crippen LogP contribution is 2.34. The van der Waals surface area contributed by atoms with Crippen LogP contribution in [0.15, 0.2) is 36.4 Å². The monoisotopic (exact) mass is 416 g/mol. The summed E-state index contributed by atoms with van der Waals surface area (Å²) in [5.74, 6) is -0.0943. The number of carbonyl (C=O) groups excluding carboxylic acids is 2. The van der Waals surface area contributed by atoms with Crippen molar-refractivity contribution in [3.8, 4) is 17.2 Å². The molecule has 1 heterocycles. The zero-order chi connectivity index (χ0) is 21.7. The van der Waals surface area contributed by atoms with Crippen molar-refractivity contribution in [2.45, 2.75) is 19.9 Å². The molecule has 158 valence electrons. The fourth-order valence-electron chi connectivity index (χ4n) is 2.83. The van der Waals surface area contributed by atoms with Gasteiger partial charge in [0.2, 0.25) is 6.79 Å². The molecule has 0 saturated heterocycles. The number of ether oxygens (including phenoxy) is 4. The van der Waals surface area contributed by atoms with Gasteiger partial charge in [0.1, 0.15) is 0 Å². The Hall–Kier alpha value is -3.82. The molecule has 30 heavy (non-hydrogen) atoms. The van der Waals surface area contributed by atoms with Crippen molar-refractivity contribution in [3.05, 3.63) is 57.6 Å². The summed E-state index contributed by atoms with van der Waals surface area (Å²) in [7, 11) is 0. The van der Waals surface area contributed by atoms with Gasteiger partial charge in [-0.25, -0.2) is 4.79 Å². The highest BCUT2D eigenvalue weighted by atomic mass is 16.7. The lowest BCUT2D eigenvalue weighted by molar-refractivity contribution is -0.385. The molecule has 0 aromatic heterocycles. The minimum Gasteiger partial charge on any atom is -0.487 e. The minimum atomic E-state index is -0.855. The molecule has 1 amide bonds. The maximum absolute atomic E-state index is 12.2. The largest absolute Gasteiger partial charge is 0.487 e. The molecule has 2 aromatic rings. The van der Waals surface area contributed by atoms with Gasteiger partial charge in [0.25, 0.3) is 5.91 Å². The smallest absolute Gasteiger partial charge is 0.338 e. The van der Waals surface area contributed by atoms with Gasteiger partial charge < -0.3 is 24.3 Å². The molecule has 0 bridgehead atoms. The number of benzene rings is 2. The fourth-order valence-corrected chi connectivity index (χ4v) is 2.83. The van der Waals surface area contributed by atoms with Gasteiger partial charge in [-0.05, 0) is 43.7 Å². The molecule has 0 saturated carbocycles. The van der Waals surface area contributed by atoms with Crippen LogP contribution in [0.2, 0.25) is 0 Å². The van der Waals surface area contributed by atoms with Crippen molar-refractivity contribution < 1.29 is 33.5 Å². The van der Waals surface area contributed by atoms with Gasteiger partial charge in [-0.3, -0.25) is 14.9 Å². The number of hydrogen-bond donors (Lipinski definition) is 1. The molecule has 0 spiro atoms. The molecule has 3 rings (SSSR count). The SMILES string of the molecule is CCOc1ccc(C(=O)OCC(=O)N[C@H](C)c2ccc3c(c2)OCO3)cc1[N+](=O)[O-]. The first-order chi connectivity index (χ1) is 14.4. The lowest BCUT2D eigenvalue weighted by atomic mass is 10.1. The molecule has 0 radical (unpaired) electrons. The summed E-state index contributed by atoms with van der Waals surface area (Å²) >= 11 is 0. The Kier molecular flexibility index (Phi) is 6.35. The summed E-state index contributed by atoms with van der Waals surface area (Å²) < 4.78 is 20.7. The van der Waals surface area contributed by atoms with Crippen LogP contribution in [-0.4, -0.2) is 36.8 Å². The molecule has 0 fully saturated rings. The summed E-state index contributed by atoms with van der Waals surface area (Å²) in [5.41, 5.74) is 0.384. The Balaban J connectivity index is 1.57. The number of nitrogens with zero attached hydrogens (tertiary/aromatic N) is 1. The van der Waals surface area contributed by atoms with Crippen LogP contribution in [0, 0.1) is 10.1 Å². The van der Waals surface area contributed by atoms with Crippen LogP contribution in [0.4, 0.5) is 5.69 Å². The number of fused-ring (bicyclic) bond motifs is 1. The van der Waals surface area contributed by atoms with Gasteiger partial charge in [-0.2, -0.15) is 0 Å². The summed E-state index contributed by atoms with van der Waals surface area (Å²) in [5, 5.41) is 13.9. The Labute approximate surface area is 171 Å². The van der Waals surface area contributed by atoms with E-state index in [1.165, 1.54) is 12.1 Å². The summed E-state index contributed by atoms with van der Waals surface area (Å²) in [6.07, 6.45) is 0. The predicted molar refractivity (Wildman–Crippen MR) is 104 cm³/mol. The lowest BCUT2D eigenvalue weighted by Crippen LogP contribution is -2.31. The normalized spacial score (nSPS) is 12.7. The molecule has 1 aliphatic heterocycles. The number of amides is 1. The van der Waals surface area contributed by atoms with Crippen LogP contribution < -0.4 is 19.5 Å². The Morgan fingerprint density at radius 1 is 1.20 bits per heavy atom. The number of esters is 1. The Bertz CT molecular complexity index is 975. The number of hydrogen-bond acceptors (Lipinski definition) is 8. The molecule has 1 N–H and O–H groups in total. The highest BCUT2D eigenvalue weighted by Gasteiger charge is 2.21. The second-order valence-electron chi connectivity index (χ2n) is 6.35. The Morgan fingerprint density at radius 2 is 1.97 bits per heavy atom. The van der Waals surface area contributed by atoms with Gasteiger partial charge in [-0.15, -0.1) is 0 Å². The summed E-state index contributed by atoms with van der Waals surface area (Å²) in [6.45, 7) is 3.32. The van der Waals surface area contributed by atoms with Crippen LogP contribution in [0.1, 0.15) is 35.8 Å². The molecular weight excluding hydrogens is 396 g/mol. The van der Waals surface area contributed by atoms with Gasteiger partial charge in [0.15, 0.2) is 23.9 Å². The van der Waals surface area contributed by atoms with E-state index in [0.717, 1.165) is 11.6 Å². The van der Waals surface area contributed by atoms with E-state index in [0.29, 0.717) is 11.5 Å². The number of nitro benzene ring substituents is 1. The van der Waals surface area contributed by atoms with E-state index in [2.05, 4.69) is 5.32 Å². The Morgan fingerprint density at radius 3 is 2.70 bits per heavy atom. The highest BCUT2D eigenvalue weighted by molar-refractivity contribution is 5.92. The maximum Gasteiger partial charge on any atom is 0.338 e. The fraction of sp³-hybridized carbons (Fsp3) is 0.300. The van der Waals surface area contributed by atoms with Crippen molar-refractivity contribution in [2.24, 2.45) is 0 Å². The summed E-state index contributed by atoms with van der Waals surface area (Å²) in [4.78, 5) is 34.8. The van der Waals surface area contributed by atoms with Crippen LogP contribution in [0.5, 0.6) is 17.2 Å². The molecule has 10 heteroatoms. The van der Waals surface area contributed by atoms with Crippen molar-refractivity contribution in [3.63, 3.8) is 0 Å². The topological polar surface area (TPSA) is 126 Å². The number of carbonyl (C=O) groups is 2. The minimum absolute atomic E-state index is 0.0503. The molecular formula is C20H20N2O8. The van der Waals surface area contributed by atoms with Crippen LogP contribution in [-0.2, 0) is 9.53 Å². The van der Waals surface area contributed by atoms with E-state index in [1.807, 2.05) is 0 Å². The second-order valence-corrected chi connectivity index (χ2v) is 6.35. The number of rotatable bonds is 8.